The van der Waals surface area contributed by atoms with Crippen molar-refractivity contribution in [2.24, 2.45) is 0 Å². The fourth-order valence-corrected chi connectivity index (χ4v) is 2.36. The normalized spacial score (nSPS) is 10.2. The summed E-state index contributed by atoms with van der Waals surface area (Å²) in [5, 5.41) is 9.40. The van der Waals surface area contributed by atoms with Gasteiger partial charge in [0.05, 0.1) is 5.56 Å². The number of aryl methyl sites for hydroxylation is 2. The number of nitriles is 1. The first kappa shape index (κ1) is 14.9. The Hall–Kier alpha value is -2.54. The van der Waals surface area contributed by atoms with Crippen LogP contribution in [0, 0.1) is 25.2 Å². The maximum atomic E-state index is 9.40. The van der Waals surface area contributed by atoms with E-state index < -0.39 is 0 Å². The summed E-state index contributed by atoms with van der Waals surface area (Å²) in [6.07, 6.45) is 0. The molecule has 0 saturated carbocycles. The Morgan fingerprint density at radius 1 is 1.24 bits per heavy atom. The molecule has 1 aromatic carbocycles. The van der Waals surface area contributed by atoms with E-state index in [4.69, 9.17) is 5.73 Å². The van der Waals surface area contributed by atoms with Crippen molar-refractivity contribution in [3.63, 3.8) is 0 Å². The number of nitrogen functional groups attached to an aromatic ring is 1. The maximum absolute atomic E-state index is 9.40. The van der Waals surface area contributed by atoms with E-state index in [2.05, 4.69) is 22.9 Å². The molecule has 4 heteroatoms. The Bertz CT molecular complexity index is 668. The van der Waals surface area contributed by atoms with Gasteiger partial charge in [-0.3, -0.25) is 0 Å². The minimum atomic E-state index is 0.651. The lowest BCUT2D eigenvalue weighted by Gasteiger charge is -2.24. The highest BCUT2D eigenvalue weighted by molar-refractivity contribution is 5.58. The number of pyridine rings is 1. The summed E-state index contributed by atoms with van der Waals surface area (Å²) in [7, 11) is 0. The first-order chi connectivity index (χ1) is 10.0. The lowest BCUT2D eigenvalue weighted by Crippen LogP contribution is -2.24. The summed E-state index contributed by atoms with van der Waals surface area (Å²) in [5.41, 5.74) is 10.2. The minimum absolute atomic E-state index is 0.651. The first-order valence-corrected chi connectivity index (χ1v) is 7.02. The number of benzene rings is 1. The molecule has 0 fully saturated rings. The number of hydrogen-bond donors (Lipinski definition) is 1. The molecule has 2 aromatic rings. The van der Waals surface area contributed by atoms with Gasteiger partial charge in [-0.05, 0) is 50.1 Å². The second-order valence-corrected chi connectivity index (χ2v) is 5.15. The molecule has 0 bridgehead atoms. The molecule has 0 aliphatic carbocycles. The van der Waals surface area contributed by atoms with Crippen LogP contribution in [-0.2, 0) is 6.54 Å². The highest BCUT2D eigenvalue weighted by atomic mass is 15.2. The summed E-state index contributed by atoms with van der Waals surface area (Å²) < 4.78 is 0. The molecule has 1 aromatic heterocycles. The minimum Gasteiger partial charge on any atom is -0.399 e. The molecule has 0 amide bonds. The summed E-state index contributed by atoms with van der Waals surface area (Å²) >= 11 is 0. The van der Waals surface area contributed by atoms with Crippen LogP contribution in [0.5, 0.6) is 0 Å². The van der Waals surface area contributed by atoms with Crippen LogP contribution in [0.3, 0.4) is 0 Å². The van der Waals surface area contributed by atoms with Crippen LogP contribution in [0.4, 0.5) is 11.5 Å². The van der Waals surface area contributed by atoms with Gasteiger partial charge in [-0.1, -0.05) is 12.1 Å². The largest absolute Gasteiger partial charge is 0.399 e. The van der Waals surface area contributed by atoms with Crippen molar-refractivity contribution in [2.45, 2.75) is 27.3 Å². The van der Waals surface area contributed by atoms with Gasteiger partial charge in [0, 0.05) is 24.5 Å². The average Bonchev–Trinajstić information content (AvgIpc) is 2.46. The second kappa shape index (κ2) is 6.27. The molecular formula is C17H20N4. The van der Waals surface area contributed by atoms with E-state index in [1.165, 1.54) is 0 Å². The highest BCUT2D eigenvalue weighted by Gasteiger charge is 2.15. The first-order valence-electron chi connectivity index (χ1n) is 7.02. The highest BCUT2D eigenvalue weighted by Crippen LogP contribution is 2.23. The van der Waals surface area contributed by atoms with Gasteiger partial charge in [-0.25, -0.2) is 4.98 Å². The molecule has 4 nitrogen and oxygen atoms in total. The van der Waals surface area contributed by atoms with Crippen LogP contribution < -0.4 is 10.6 Å². The van der Waals surface area contributed by atoms with Crippen molar-refractivity contribution in [3.05, 3.63) is 52.7 Å². The fourth-order valence-electron chi connectivity index (χ4n) is 2.36. The molecule has 2 N–H and O–H groups in total. The number of nitrogens with two attached hydrogens (primary N) is 1. The Morgan fingerprint density at radius 2 is 1.90 bits per heavy atom. The molecule has 0 atom stereocenters. The fraction of sp³-hybridized carbons (Fsp3) is 0.294. The predicted octanol–water partition coefficient (Wildman–Crippen LogP) is 3.18. The topological polar surface area (TPSA) is 65.9 Å². The summed E-state index contributed by atoms with van der Waals surface area (Å²) in [4.78, 5) is 6.68. The van der Waals surface area contributed by atoms with Gasteiger partial charge in [0.25, 0.3) is 0 Å². The second-order valence-electron chi connectivity index (χ2n) is 5.15. The third kappa shape index (κ3) is 3.32. The van der Waals surface area contributed by atoms with Crippen molar-refractivity contribution in [2.75, 3.05) is 17.2 Å². The molecule has 1 heterocycles. The third-order valence-electron chi connectivity index (χ3n) is 3.47. The third-order valence-corrected chi connectivity index (χ3v) is 3.47. The Morgan fingerprint density at radius 3 is 2.48 bits per heavy atom. The molecule has 0 radical (unpaired) electrons. The van der Waals surface area contributed by atoms with E-state index in [0.717, 1.165) is 34.9 Å². The Kier molecular flexibility index (Phi) is 4.44. The quantitative estimate of drug-likeness (QED) is 0.873. The zero-order valence-corrected chi connectivity index (χ0v) is 12.7. The molecule has 0 aliphatic heterocycles. The maximum Gasteiger partial charge on any atom is 0.147 e. The molecule has 0 spiro atoms. The van der Waals surface area contributed by atoms with E-state index in [-0.39, 0.29) is 0 Å². The lowest BCUT2D eigenvalue weighted by molar-refractivity contribution is 0.807. The van der Waals surface area contributed by atoms with Crippen molar-refractivity contribution in [3.8, 4) is 6.07 Å². The predicted molar refractivity (Wildman–Crippen MR) is 86.0 cm³/mol. The average molecular weight is 280 g/mol. The van der Waals surface area contributed by atoms with Crippen molar-refractivity contribution >= 4 is 11.5 Å². The molecule has 2 rings (SSSR count). The SMILES string of the molecule is CCN(Cc1ccc(N)cc1)c1nc(C)cc(C)c1C#N. The molecule has 0 saturated heterocycles. The Labute approximate surface area is 125 Å². The van der Waals surface area contributed by atoms with Crippen LogP contribution >= 0.6 is 0 Å². The number of rotatable bonds is 4. The van der Waals surface area contributed by atoms with Crippen LogP contribution in [0.25, 0.3) is 0 Å². The summed E-state index contributed by atoms with van der Waals surface area (Å²) in [6.45, 7) is 7.47. The van der Waals surface area contributed by atoms with E-state index in [1.807, 2.05) is 44.2 Å². The van der Waals surface area contributed by atoms with Crippen molar-refractivity contribution < 1.29 is 0 Å². The summed E-state index contributed by atoms with van der Waals surface area (Å²) in [6, 6.07) is 12.0. The van der Waals surface area contributed by atoms with E-state index >= 15 is 0 Å². The van der Waals surface area contributed by atoms with E-state index in [1.54, 1.807) is 0 Å². The summed E-state index contributed by atoms with van der Waals surface area (Å²) in [5.74, 6) is 0.759. The van der Waals surface area contributed by atoms with Crippen LogP contribution in [0.1, 0.15) is 29.3 Å². The number of nitrogens with zero attached hydrogens (tertiary/aromatic N) is 3. The smallest absolute Gasteiger partial charge is 0.147 e. The van der Waals surface area contributed by atoms with Crippen LogP contribution in [-0.4, -0.2) is 11.5 Å². The zero-order chi connectivity index (χ0) is 15.4. The number of hydrogen-bond acceptors (Lipinski definition) is 4. The zero-order valence-electron chi connectivity index (χ0n) is 12.7. The van der Waals surface area contributed by atoms with Gasteiger partial charge in [-0.2, -0.15) is 5.26 Å². The Balaban J connectivity index is 2.38. The molecule has 0 aliphatic rings. The van der Waals surface area contributed by atoms with E-state index in [9.17, 15) is 5.26 Å². The monoisotopic (exact) mass is 280 g/mol. The molecule has 108 valence electrons. The van der Waals surface area contributed by atoms with Crippen molar-refractivity contribution in [1.82, 2.24) is 4.98 Å². The van der Waals surface area contributed by atoms with E-state index in [0.29, 0.717) is 12.1 Å². The van der Waals surface area contributed by atoms with Gasteiger partial charge in [0.2, 0.25) is 0 Å². The van der Waals surface area contributed by atoms with Crippen LogP contribution in [0.15, 0.2) is 30.3 Å². The van der Waals surface area contributed by atoms with Crippen molar-refractivity contribution in [1.29, 1.82) is 5.26 Å². The van der Waals surface area contributed by atoms with Gasteiger partial charge < -0.3 is 10.6 Å². The molecular weight excluding hydrogens is 260 g/mol. The van der Waals surface area contributed by atoms with Gasteiger partial charge >= 0.3 is 0 Å². The van der Waals surface area contributed by atoms with Crippen LogP contribution in [0.2, 0.25) is 0 Å². The number of aromatic nitrogens is 1. The van der Waals surface area contributed by atoms with Gasteiger partial charge in [0.1, 0.15) is 11.9 Å². The standard InChI is InChI=1S/C17H20N4/c1-4-21(11-14-5-7-15(19)8-6-14)17-16(10-18)12(2)9-13(3)20-17/h5-9H,4,11,19H2,1-3H3. The number of anilines is 2. The van der Waals surface area contributed by atoms with Gasteiger partial charge in [-0.15, -0.1) is 0 Å². The lowest BCUT2D eigenvalue weighted by atomic mass is 10.1. The molecule has 21 heavy (non-hydrogen) atoms. The van der Waals surface area contributed by atoms with Gasteiger partial charge in [0.15, 0.2) is 0 Å². The molecule has 0 unspecified atom stereocenters.